The van der Waals surface area contributed by atoms with Crippen molar-refractivity contribution in [3.63, 3.8) is 0 Å². The minimum Gasteiger partial charge on any atom is -0.478 e. The van der Waals surface area contributed by atoms with Crippen LogP contribution in [0.3, 0.4) is 0 Å². The number of benzene rings is 1. The van der Waals surface area contributed by atoms with Gasteiger partial charge in [0.05, 0.1) is 11.1 Å². The van der Waals surface area contributed by atoms with Crippen molar-refractivity contribution < 1.29 is 19.8 Å². The molecule has 22 heavy (non-hydrogen) atoms. The maximum absolute atomic E-state index is 10.6. The van der Waals surface area contributed by atoms with Gasteiger partial charge in [0, 0.05) is 13.6 Å². The summed E-state index contributed by atoms with van der Waals surface area (Å²) in [5.41, 5.74) is 0.335. The average molecular weight is 306 g/mol. The standard InChI is InChI=1S/C9H8O4.C5H10N4/c1-5-6(8(10)11)3-2-4-7(5)9(12)13;1-3-8-5(7-2)9-4-6/h2-4H,1H3,(H,10,11)(H,12,13);3H2,1-2H3,(H2,7,8,9). The molecule has 0 amide bonds. The molecule has 0 aliphatic rings. The van der Waals surface area contributed by atoms with Crippen LogP contribution in [0.25, 0.3) is 0 Å². The zero-order valence-corrected chi connectivity index (χ0v) is 12.5. The number of aromatic carboxylic acids is 2. The maximum Gasteiger partial charge on any atom is 0.335 e. The van der Waals surface area contributed by atoms with E-state index < -0.39 is 11.9 Å². The minimum atomic E-state index is -1.11. The van der Waals surface area contributed by atoms with E-state index in [1.165, 1.54) is 25.1 Å². The first kappa shape index (κ1) is 18.9. The van der Waals surface area contributed by atoms with Crippen LogP contribution in [-0.2, 0) is 0 Å². The van der Waals surface area contributed by atoms with Crippen molar-refractivity contribution in [2.75, 3.05) is 13.6 Å². The summed E-state index contributed by atoms with van der Waals surface area (Å²) in [5, 5.41) is 31.0. The maximum atomic E-state index is 10.6. The third-order valence-electron chi connectivity index (χ3n) is 2.54. The molecular formula is C14H18N4O4. The van der Waals surface area contributed by atoms with Crippen LogP contribution in [0.4, 0.5) is 0 Å². The Morgan fingerprint density at radius 1 is 1.27 bits per heavy atom. The van der Waals surface area contributed by atoms with Gasteiger partial charge in [-0.1, -0.05) is 6.07 Å². The summed E-state index contributed by atoms with van der Waals surface area (Å²) >= 11 is 0. The molecule has 0 aromatic heterocycles. The Kier molecular flexibility index (Phi) is 8.40. The van der Waals surface area contributed by atoms with E-state index in [2.05, 4.69) is 15.6 Å². The van der Waals surface area contributed by atoms with Gasteiger partial charge in [-0.3, -0.25) is 0 Å². The Labute approximate surface area is 128 Å². The summed E-state index contributed by atoms with van der Waals surface area (Å²) in [6, 6.07) is 4.17. The van der Waals surface area contributed by atoms with Gasteiger partial charge < -0.3 is 20.8 Å². The van der Waals surface area contributed by atoms with E-state index >= 15 is 0 Å². The third-order valence-corrected chi connectivity index (χ3v) is 2.54. The van der Waals surface area contributed by atoms with Crippen LogP contribution in [0.15, 0.2) is 23.2 Å². The molecular weight excluding hydrogens is 288 g/mol. The van der Waals surface area contributed by atoms with Crippen molar-refractivity contribution >= 4 is 17.9 Å². The minimum absolute atomic E-state index is 0.0277. The summed E-state index contributed by atoms with van der Waals surface area (Å²) in [7, 11) is 1.71. The third kappa shape index (κ3) is 5.92. The van der Waals surface area contributed by atoms with E-state index in [0.29, 0.717) is 5.96 Å². The molecule has 0 aliphatic carbocycles. The highest BCUT2D eigenvalue weighted by Crippen LogP contribution is 2.13. The van der Waals surface area contributed by atoms with Crippen molar-refractivity contribution in [3.05, 3.63) is 34.9 Å². The SMILES string of the molecule is CCNC(=NC#N)NC.Cc1c(C(=O)O)cccc1C(=O)O. The van der Waals surface area contributed by atoms with Gasteiger partial charge in [0.15, 0.2) is 0 Å². The van der Waals surface area contributed by atoms with Crippen LogP contribution in [-0.4, -0.2) is 41.7 Å². The Morgan fingerprint density at radius 2 is 1.77 bits per heavy atom. The monoisotopic (exact) mass is 306 g/mol. The second-order valence-corrected chi connectivity index (χ2v) is 3.93. The Balaban J connectivity index is 0.000000433. The summed E-state index contributed by atoms with van der Waals surface area (Å²) in [6.07, 6.45) is 1.67. The van der Waals surface area contributed by atoms with Crippen LogP contribution in [0.1, 0.15) is 33.2 Å². The van der Waals surface area contributed by atoms with Crippen LogP contribution >= 0.6 is 0 Å². The van der Waals surface area contributed by atoms with Crippen molar-refractivity contribution in [1.29, 1.82) is 5.26 Å². The lowest BCUT2D eigenvalue weighted by Crippen LogP contribution is -2.34. The van der Waals surface area contributed by atoms with Gasteiger partial charge in [-0.2, -0.15) is 5.26 Å². The average Bonchev–Trinajstić information content (AvgIpc) is 2.47. The van der Waals surface area contributed by atoms with E-state index in [4.69, 9.17) is 15.5 Å². The van der Waals surface area contributed by atoms with Gasteiger partial charge in [0.2, 0.25) is 12.2 Å². The second kappa shape index (κ2) is 9.77. The lowest BCUT2D eigenvalue weighted by molar-refractivity contribution is 0.0696. The van der Waals surface area contributed by atoms with Gasteiger partial charge in [-0.15, -0.1) is 4.99 Å². The molecule has 1 aromatic carbocycles. The molecule has 0 heterocycles. The fourth-order valence-electron chi connectivity index (χ4n) is 1.50. The molecule has 1 aromatic rings. The first-order valence-corrected chi connectivity index (χ1v) is 6.33. The molecule has 118 valence electrons. The molecule has 4 N–H and O–H groups in total. The van der Waals surface area contributed by atoms with Crippen LogP contribution < -0.4 is 10.6 Å². The van der Waals surface area contributed by atoms with E-state index in [1.54, 1.807) is 13.2 Å². The Hall–Kier alpha value is -3.08. The second-order valence-electron chi connectivity index (χ2n) is 3.93. The largest absolute Gasteiger partial charge is 0.478 e. The van der Waals surface area contributed by atoms with Gasteiger partial charge in [-0.05, 0) is 31.5 Å². The molecule has 8 nitrogen and oxygen atoms in total. The highest BCUT2D eigenvalue weighted by Gasteiger charge is 2.13. The fourth-order valence-corrected chi connectivity index (χ4v) is 1.50. The summed E-state index contributed by atoms with van der Waals surface area (Å²) in [4.78, 5) is 24.6. The number of nitrogens with one attached hydrogen (secondary N) is 2. The first-order valence-electron chi connectivity index (χ1n) is 6.33. The number of carboxylic acid groups (broad SMARTS) is 2. The lowest BCUT2D eigenvalue weighted by Gasteiger charge is -2.03. The molecule has 0 unspecified atom stereocenters. The Morgan fingerprint density at radius 3 is 2.09 bits per heavy atom. The van der Waals surface area contributed by atoms with Crippen molar-refractivity contribution in [3.8, 4) is 6.19 Å². The Bertz CT molecular complexity index is 573. The van der Waals surface area contributed by atoms with Gasteiger partial charge in [0.1, 0.15) is 0 Å². The lowest BCUT2D eigenvalue weighted by atomic mass is 10.0. The van der Waals surface area contributed by atoms with Crippen LogP contribution in [0.2, 0.25) is 0 Å². The number of rotatable bonds is 3. The number of hydrogen-bond donors (Lipinski definition) is 4. The number of nitrogens with zero attached hydrogens (tertiary/aromatic N) is 2. The molecule has 0 bridgehead atoms. The topological polar surface area (TPSA) is 135 Å². The van der Waals surface area contributed by atoms with Gasteiger partial charge in [0.25, 0.3) is 0 Å². The molecule has 0 saturated carbocycles. The highest BCUT2D eigenvalue weighted by molar-refractivity contribution is 5.96. The fraction of sp³-hybridized carbons (Fsp3) is 0.286. The predicted octanol–water partition coefficient (Wildman–Crippen LogP) is 1.04. The number of hydrogen-bond acceptors (Lipinski definition) is 4. The number of carboxylic acids is 2. The molecule has 8 heteroatoms. The molecule has 0 atom stereocenters. The van der Waals surface area contributed by atoms with Crippen molar-refractivity contribution in [2.24, 2.45) is 4.99 Å². The summed E-state index contributed by atoms with van der Waals surface area (Å²) < 4.78 is 0. The molecule has 0 spiro atoms. The highest BCUT2D eigenvalue weighted by atomic mass is 16.4. The number of aliphatic imine (C=N–C) groups is 1. The van der Waals surface area contributed by atoms with Gasteiger partial charge >= 0.3 is 11.9 Å². The zero-order chi connectivity index (χ0) is 17.1. The zero-order valence-electron chi connectivity index (χ0n) is 12.5. The van der Waals surface area contributed by atoms with Crippen molar-refractivity contribution in [2.45, 2.75) is 13.8 Å². The van der Waals surface area contributed by atoms with E-state index in [9.17, 15) is 9.59 Å². The van der Waals surface area contributed by atoms with E-state index in [0.717, 1.165) is 6.54 Å². The smallest absolute Gasteiger partial charge is 0.335 e. The quantitative estimate of drug-likeness (QED) is 0.372. The van der Waals surface area contributed by atoms with Crippen LogP contribution in [0.5, 0.6) is 0 Å². The molecule has 0 fully saturated rings. The van der Waals surface area contributed by atoms with Gasteiger partial charge in [-0.25, -0.2) is 9.59 Å². The molecule has 0 saturated heterocycles. The number of guanidine groups is 1. The molecule has 0 aliphatic heterocycles. The number of carbonyl (C=O) groups is 2. The number of nitriles is 1. The summed E-state index contributed by atoms with van der Waals surface area (Å²) in [6.45, 7) is 4.18. The van der Waals surface area contributed by atoms with E-state index in [1.807, 2.05) is 6.92 Å². The molecule has 0 radical (unpaired) electrons. The predicted molar refractivity (Wildman–Crippen MR) is 80.9 cm³/mol. The normalized spacial score (nSPS) is 9.82. The van der Waals surface area contributed by atoms with E-state index in [-0.39, 0.29) is 16.7 Å². The van der Waals surface area contributed by atoms with Crippen LogP contribution in [0, 0.1) is 18.4 Å². The summed E-state index contributed by atoms with van der Waals surface area (Å²) in [5.74, 6) is -1.71. The first-order chi connectivity index (χ1) is 10.4. The van der Waals surface area contributed by atoms with Crippen molar-refractivity contribution in [1.82, 2.24) is 10.6 Å². The molecule has 1 rings (SSSR count).